The van der Waals surface area contributed by atoms with Gasteiger partial charge in [0.1, 0.15) is 0 Å². The molecular weight excluding hydrogens is 224 g/mol. The summed E-state index contributed by atoms with van der Waals surface area (Å²) in [5.41, 5.74) is 2.95. The summed E-state index contributed by atoms with van der Waals surface area (Å²) in [6.45, 7) is 1.99. The van der Waals surface area contributed by atoms with Gasteiger partial charge in [-0.25, -0.2) is 4.99 Å². The lowest BCUT2D eigenvalue weighted by molar-refractivity contribution is 0.642. The maximum Gasteiger partial charge on any atom is 0.178 e. The van der Waals surface area contributed by atoms with Crippen molar-refractivity contribution in [2.45, 2.75) is 6.92 Å². The molecule has 0 fully saturated rings. The summed E-state index contributed by atoms with van der Waals surface area (Å²) in [4.78, 5) is 6.13. The van der Waals surface area contributed by atoms with Gasteiger partial charge in [0.25, 0.3) is 0 Å². The van der Waals surface area contributed by atoms with E-state index >= 15 is 0 Å². The summed E-state index contributed by atoms with van der Waals surface area (Å²) in [7, 11) is 3.84. The quantitative estimate of drug-likeness (QED) is 0.612. The fourth-order valence-electron chi connectivity index (χ4n) is 1.53. The minimum Gasteiger partial charge on any atom is -0.369 e. The second-order valence-electron chi connectivity index (χ2n) is 4.31. The Hall–Kier alpha value is -2.23. The minimum absolute atomic E-state index is 0.656. The van der Waals surface area contributed by atoms with Crippen LogP contribution in [0.2, 0.25) is 0 Å². The third-order valence-corrected chi connectivity index (χ3v) is 2.44. The fourth-order valence-corrected chi connectivity index (χ4v) is 1.53. The van der Waals surface area contributed by atoms with E-state index in [-0.39, 0.29) is 0 Å². The van der Waals surface area contributed by atoms with Gasteiger partial charge >= 0.3 is 0 Å². The number of aromatic nitrogens is 2. The van der Waals surface area contributed by atoms with Gasteiger partial charge in [-0.15, -0.1) is 10.2 Å². The molecule has 0 amide bonds. The summed E-state index contributed by atoms with van der Waals surface area (Å²) in [6.07, 6.45) is 1.72. The SMILES string of the molecule is Cc1cc(-c2ccccc2)nnc1/N=C/N(C)C. The topological polar surface area (TPSA) is 41.4 Å². The van der Waals surface area contributed by atoms with Gasteiger partial charge in [-0.05, 0) is 18.6 Å². The van der Waals surface area contributed by atoms with Crippen molar-refractivity contribution in [3.05, 3.63) is 42.0 Å². The van der Waals surface area contributed by atoms with Gasteiger partial charge < -0.3 is 4.90 Å². The van der Waals surface area contributed by atoms with Gasteiger partial charge in [0.2, 0.25) is 0 Å². The highest BCUT2D eigenvalue weighted by atomic mass is 15.2. The van der Waals surface area contributed by atoms with Crippen LogP contribution in [0.4, 0.5) is 5.82 Å². The first-order chi connectivity index (χ1) is 8.66. The van der Waals surface area contributed by atoms with Crippen molar-refractivity contribution in [2.75, 3.05) is 14.1 Å². The molecule has 0 aliphatic rings. The number of benzene rings is 1. The molecule has 2 rings (SSSR count). The molecule has 92 valence electrons. The smallest absolute Gasteiger partial charge is 0.178 e. The molecule has 1 heterocycles. The van der Waals surface area contributed by atoms with Crippen molar-refractivity contribution in [1.82, 2.24) is 15.1 Å². The zero-order valence-electron chi connectivity index (χ0n) is 10.8. The number of hydrogen-bond acceptors (Lipinski definition) is 3. The predicted octanol–water partition coefficient (Wildman–Crippen LogP) is 2.67. The van der Waals surface area contributed by atoms with Gasteiger partial charge in [0, 0.05) is 19.7 Å². The molecule has 0 saturated heterocycles. The third kappa shape index (κ3) is 2.91. The molecule has 0 radical (unpaired) electrons. The Morgan fingerprint density at radius 1 is 1.11 bits per heavy atom. The van der Waals surface area contributed by atoms with E-state index < -0.39 is 0 Å². The number of hydrogen-bond donors (Lipinski definition) is 0. The number of aryl methyl sites for hydroxylation is 1. The molecule has 0 atom stereocenters. The molecule has 1 aromatic heterocycles. The molecule has 2 aromatic rings. The van der Waals surface area contributed by atoms with Crippen LogP contribution in [0, 0.1) is 6.92 Å². The van der Waals surface area contributed by atoms with Crippen molar-refractivity contribution in [3.8, 4) is 11.3 Å². The van der Waals surface area contributed by atoms with E-state index in [9.17, 15) is 0 Å². The molecule has 4 heteroatoms. The van der Waals surface area contributed by atoms with Crippen LogP contribution >= 0.6 is 0 Å². The Kier molecular flexibility index (Phi) is 3.67. The Balaban J connectivity index is 2.31. The van der Waals surface area contributed by atoms with Gasteiger partial charge in [-0.3, -0.25) is 0 Å². The number of nitrogens with zero attached hydrogens (tertiary/aromatic N) is 4. The van der Waals surface area contributed by atoms with Gasteiger partial charge in [-0.1, -0.05) is 30.3 Å². The van der Waals surface area contributed by atoms with E-state index in [1.54, 1.807) is 6.34 Å². The Bertz CT molecular complexity index is 547. The van der Waals surface area contributed by atoms with Gasteiger partial charge in [-0.2, -0.15) is 0 Å². The molecule has 0 N–H and O–H groups in total. The van der Waals surface area contributed by atoms with Crippen LogP contribution in [-0.4, -0.2) is 35.5 Å². The first kappa shape index (κ1) is 12.2. The summed E-state index contributed by atoms with van der Waals surface area (Å²) in [6, 6.07) is 12.0. The van der Waals surface area contributed by atoms with Crippen LogP contribution in [0.25, 0.3) is 11.3 Å². The average Bonchev–Trinajstić information content (AvgIpc) is 2.38. The molecular formula is C14H16N4. The van der Waals surface area contributed by atoms with E-state index in [0.717, 1.165) is 16.8 Å². The maximum atomic E-state index is 4.27. The first-order valence-electron chi connectivity index (χ1n) is 5.77. The summed E-state index contributed by atoms with van der Waals surface area (Å²) >= 11 is 0. The lowest BCUT2D eigenvalue weighted by atomic mass is 10.1. The molecule has 0 bridgehead atoms. The lowest BCUT2D eigenvalue weighted by Gasteiger charge is -2.05. The van der Waals surface area contributed by atoms with Crippen LogP contribution in [0.15, 0.2) is 41.4 Å². The molecule has 0 spiro atoms. The van der Waals surface area contributed by atoms with E-state index in [2.05, 4.69) is 15.2 Å². The maximum absolute atomic E-state index is 4.27. The number of aliphatic imine (C=N–C) groups is 1. The summed E-state index contributed by atoms with van der Waals surface area (Å²) in [5, 5.41) is 8.36. The Labute approximate surface area is 107 Å². The second-order valence-corrected chi connectivity index (χ2v) is 4.31. The van der Waals surface area contributed by atoms with Crippen LogP contribution in [0.3, 0.4) is 0 Å². The zero-order valence-corrected chi connectivity index (χ0v) is 10.8. The Morgan fingerprint density at radius 2 is 1.83 bits per heavy atom. The fraction of sp³-hybridized carbons (Fsp3) is 0.214. The summed E-state index contributed by atoms with van der Waals surface area (Å²) in [5.74, 6) is 0.656. The summed E-state index contributed by atoms with van der Waals surface area (Å²) < 4.78 is 0. The molecule has 0 unspecified atom stereocenters. The average molecular weight is 240 g/mol. The van der Waals surface area contributed by atoms with Crippen LogP contribution in [0.5, 0.6) is 0 Å². The molecule has 1 aromatic carbocycles. The Morgan fingerprint density at radius 3 is 2.44 bits per heavy atom. The third-order valence-electron chi connectivity index (χ3n) is 2.44. The van der Waals surface area contributed by atoms with E-state index in [4.69, 9.17) is 0 Å². The zero-order chi connectivity index (χ0) is 13.0. The monoisotopic (exact) mass is 240 g/mol. The molecule has 0 saturated carbocycles. The second kappa shape index (κ2) is 5.40. The minimum atomic E-state index is 0.656. The molecule has 0 aliphatic carbocycles. The molecule has 18 heavy (non-hydrogen) atoms. The predicted molar refractivity (Wildman–Crippen MR) is 74.0 cm³/mol. The van der Waals surface area contributed by atoms with Crippen molar-refractivity contribution in [1.29, 1.82) is 0 Å². The van der Waals surface area contributed by atoms with Crippen LogP contribution < -0.4 is 0 Å². The highest BCUT2D eigenvalue weighted by Crippen LogP contribution is 2.21. The van der Waals surface area contributed by atoms with Crippen molar-refractivity contribution < 1.29 is 0 Å². The van der Waals surface area contributed by atoms with Crippen LogP contribution in [-0.2, 0) is 0 Å². The van der Waals surface area contributed by atoms with E-state index in [1.807, 2.05) is 62.3 Å². The van der Waals surface area contributed by atoms with Gasteiger partial charge in [0.05, 0.1) is 12.0 Å². The van der Waals surface area contributed by atoms with Crippen molar-refractivity contribution in [2.24, 2.45) is 4.99 Å². The van der Waals surface area contributed by atoms with E-state index in [0.29, 0.717) is 5.82 Å². The lowest BCUT2D eigenvalue weighted by Crippen LogP contribution is -2.07. The first-order valence-corrected chi connectivity index (χ1v) is 5.77. The van der Waals surface area contributed by atoms with Gasteiger partial charge in [0.15, 0.2) is 5.82 Å². The van der Waals surface area contributed by atoms with Crippen LogP contribution in [0.1, 0.15) is 5.56 Å². The standard InChI is InChI=1S/C14H16N4/c1-11-9-13(12-7-5-4-6-8-12)16-17-14(11)15-10-18(2)3/h4-10H,1-3H3/b15-10+. The van der Waals surface area contributed by atoms with Crippen molar-refractivity contribution in [3.63, 3.8) is 0 Å². The van der Waals surface area contributed by atoms with Crippen molar-refractivity contribution >= 4 is 12.2 Å². The highest BCUT2D eigenvalue weighted by molar-refractivity contribution is 5.63. The molecule has 0 aliphatic heterocycles. The van der Waals surface area contributed by atoms with E-state index in [1.165, 1.54) is 0 Å². The normalized spacial score (nSPS) is 10.8. The number of rotatable bonds is 3. The largest absolute Gasteiger partial charge is 0.369 e. The molecule has 4 nitrogen and oxygen atoms in total. The highest BCUT2D eigenvalue weighted by Gasteiger charge is 2.03.